The number of carbonyl (C=O) groups is 1. The minimum absolute atomic E-state index is 0.139. The summed E-state index contributed by atoms with van der Waals surface area (Å²) in [6, 6.07) is 12.2. The highest BCUT2D eigenvalue weighted by Crippen LogP contribution is 2.31. The Labute approximate surface area is 128 Å². The molecule has 0 aliphatic carbocycles. The molecule has 0 amide bonds. The molecule has 1 heterocycles. The van der Waals surface area contributed by atoms with Crippen molar-refractivity contribution in [3.8, 4) is 17.2 Å². The van der Waals surface area contributed by atoms with Crippen molar-refractivity contribution in [3.63, 3.8) is 0 Å². The largest absolute Gasteiger partial charge is 0.486 e. The molecule has 3 rings (SSSR count). The predicted molar refractivity (Wildman–Crippen MR) is 82.7 cm³/mol. The molecule has 1 atom stereocenters. The van der Waals surface area contributed by atoms with E-state index in [4.69, 9.17) is 19.9 Å². The summed E-state index contributed by atoms with van der Waals surface area (Å²) in [4.78, 5) is 12.5. The molecule has 5 heteroatoms. The van der Waals surface area contributed by atoms with Crippen LogP contribution in [0.2, 0.25) is 0 Å². The van der Waals surface area contributed by atoms with Gasteiger partial charge in [-0.25, -0.2) is 0 Å². The molecule has 2 N–H and O–H groups in total. The van der Waals surface area contributed by atoms with Crippen molar-refractivity contribution in [2.75, 3.05) is 18.9 Å². The first-order valence-corrected chi connectivity index (χ1v) is 7.10. The number of Topliss-reactive ketones (excluding diaryl/α,β-unsaturated/α-hetero) is 1. The van der Waals surface area contributed by atoms with E-state index < -0.39 is 6.10 Å². The fourth-order valence-corrected chi connectivity index (χ4v) is 2.26. The number of nitrogen functional groups attached to an aromatic ring is 1. The zero-order chi connectivity index (χ0) is 15.5. The van der Waals surface area contributed by atoms with Gasteiger partial charge in [0.2, 0.25) is 5.78 Å². The Balaban J connectivity index is 1.77. The highest BCUT2D eigenvalue weighted by atomic mass is 16.6. The van der Waals surface area contributed by atoms with Gasteiger partial charge in [0.25, 0.3) is 0 Å². The lowest BCUT2D eigenvalue weighted by Gasteiger charge is -2.20. The highest BCUT2D eigenvalue weighted by molar-refractivity contribution is 6.00. The minimum atomic E-state index is -0.646. The standard InChI is InChI=1S/C17H17NO4/c1-11(22-14-5-3-2-4-13(14)18)17(19)12-6-7-15-16(10-12)21-9-8-20-15/h2-7,10-11H,8-9,18H2,1H3. The number of hydrogen-bond acceptors (Lipinski definition) is 5. The van der Waals surface area contributed by atoms with E-state index in [1.165, 1.54) is 0 Å². The average molecular weight is 299 g/mol. The molecule has 22 heavy (non-hydrogen) atoms. The van der Waals surface area contributed by atoms with Gasteiger partial charge in [-0.3, -0.25) is 4.79 Å². The van der Waals surface area contributed by atoms with E-state index in [-0.39, 0.29) is 5.78 Å². The third-order valence-corrected chi connectivity index (χ3v) is 3.42. The second-order valence-corrected chi connectivity index (χ2v) is 5.02. The number of fused-ring (bicyclic) bond motifs is 1. The summed E-state index contributed by atoms with van der Waals surface area (Å²) in [6.07, 6.45) is -0.646. The number of anilines is 1. The molecule has 114 valence electrons. The Kier molecular flexibility index (Phi) is 3.87. The molecule has 0 saturated heterocycles. The Morgan fingerprint density at radius 1 is 1.14 bits per heavy atom. The monoisotopic (exact) mass is 299 g/mol. The number of ether oxygens (including phenoxy) is 3. The van der Waals surface area contributed by atoms with Crippen molar-refractivity contribution in [2.24, 2.45) is 0 Å². The van der Waals surface area contributed by atoms with E-state index in [9.17, 15) is 4.79 Å². The fraction of sp³-hybridized carbons (Fsp3) is 0.235. The molecule has 1 aliphatic heterocycles. The van der Waals surface area contributed by atoms with Crippen LogP contribution >= 0.6 is 0 Å². The number of rotatable bonds is 4. The van der Waals surface area contributed by atoms with Crippen LogP contribution in [-0.4, -0.2) is 25.1 Å². The second kappa shape index (κ2) is 5.97. The van der Waals surface area contributed by atoms with Gasteiger partial charge < -0.3 is 19.9 Å². The lowest BCUT2D eigenvalue weighted by atomic mass is 10.1. The molecule has 0 radical (unpaired) electrons. The van der Waals surface area contributed by atoms with Gasteiger partial charge in [-0.15, -0.1) is 0 Å². The molecule has 1 unspecified atom stereocenters. The van der Waals surface area contributed by atoms with Crippen molar-refractivity contribution < 1.29 is 19.0 Å². The maximum atomic E-state index is 12.5. The van der Waals surface area contributed by atoms with Crippen LogP contribution in [0.25, 0.3) is 0 Å². The third-order valence-electron chi connectivity index (χ3n) is 3.42. The van der Waals surface area contributed by atoms with Crippen molar-refractivity contribution in [1.82, 2.24) is 0 Å². The summed E-state index contributed by atoms with van der Waals surface area (Å²) in [5.41, 5.74) is 6.85. The van der Waals surface area contributed by atoms with Crippen LogP contribution in [0.15, 0.2) is 42.5 Å². The topological polar surface area (TPSA) is 70.8 Å². The molecule has 0 saturated carbocycles. The molecule has 0 fully saturated rings. The average Bonchev–Trinajstić information content (AvgIpc) is 2.55. The maximum absolute atomic E-state index is 12.5. The molecule has 0 spiro atoms. The summed E-state index contributed by atoms with van der Waals surface area (Å²) in [5, 5.41) is 0. The van der Waals surface area contributed by atoms with E-state index in [2.05, 4.69) is 0 Å². The first-order valence-electron chi connectivity index (χ1n) is 7.10. The first kappa shape index (κ1) is 14.3. The van der Waals surface area contributed by atoms with Crippen LogP contribution in [-0.2, 0) is 0 Å². The minimum Gasteiger partial charge on any atom is -0.486 e. The quantitative estimate of drug-likeness (QED) is 0.694. The molecule has 0 aromatic heterocycles. The van der Waals surface area contributed by atoms with E-state index in [0.29, 0.717) is 41.7 Å². The number of hydrogen-bond donors (Lipinski definition) is 1. The Morgan fingerprint density at radius 3 is 2.64 bits per heavy atom. The van der Waals surface area contributed by atoms with Gasteiger partial charge in [-0.05, 0) is 37.3 Å². The summed E-state index contributed by atoms with van der Waals surface area (Å²) in [7, 11) is 0. The number of benzene rings is 2. The molecule has 0 bridgehead atoms. The highest BCUT2D eigenvalue weighted by Gasteiger charge is 2.21. The van der Waals surface area contributed by atoms with Crippen molar-refractivity contribution in [3.05, 3.63) is 48.0 Å². The van der Waals surface area contributed by atoms with E-state index in [1.807, 2.05) is 12.1 Å². The number of para-hydroxylation sites is 2. The number of nitrogens with two attached hydrogens (primary N) is 1. The third kappa shape index (κ3) is 2.83. The van der Waals surface area contributed by atoms with Gasteiger partial charge in [0.05, 0.1) is 5.69 Å². The molecular weight excluding hydrogens is 282 g/mol. The van der Waals surface area contributed by atoms with Gasteiger partial charge in [-0.1, -0.05) is 12.1 Å². The number of carbonyl (C=O) groups excluding carboxylic acids is 1. The lowest BCUT2D eigenvalue weighted by Crippen LogP contribution is -2.24. The van der Waals surface area contributed by atoms with Crippen molar-refractivity contribution in [2.45, 2.75) is 13.0 Å². The second-order valence-electron chi connectivity index (χ2n) is 5.02. The van der Waals surface area contributed by atoms with Crippen LogP contribution in [0.1, 0.15) is 17.3 Å². The molecule has 2 aromatic rings. The van der Waals surface area contributed by atoms with Gasteiger partial charge in [-0.2, -0.15) is 0 Å². The zero-order valence-corrected chi connectivity index (χ0v) is 12.2. The number of ketones is 1. The normalized spacial score (nSPS) is 14.2. The smallest absolute Gasteiger partial charge is 0.203 e. The van der Waals surface area contributed by atoms with E-state index in [0.717, 1.165) is 0 Å². The maximum Gasteiger partial charge on any atom is 0.203 e. The SMILES string of the molecule is CC(Oc1ccccc1N)C(=O)c1ccc2c(c1)OCCO2. The summed E-state index contributed by atoms with van der Waals surface area (Å²) < 4.78 is 16.6. The zero-order valence-electron chi connectivity index (χ0n) is 12.2. The van der Waals surface area contributed by atoms with Crippen LogP contribution in [0.5, 0.6) is 17.2 Å². The van der Waals surface area contributed by atoms with E-state index >= 15 is 0 Å². The van der Waals surface area contributed by atoms with Crippen LogP contribution in [0.3, 0.4) is 0 Å². The first-order chi connectivity index (χ1) is 10.6. The van der Waals surface area contributed by atoms with Gasteiger partial charge >= 0.3 is 0 Å². The Morgan fingerprint density at radius 2 is 1.86 bits per heavy atom. The molecule has 2 aromatic carbocycles. The van der Waals surface area contributed by atoms with Gasteiger partial charge in [0, 0.05) is 5.56 Å². The Bertz CT molecular complexity index is 699. The van der Waals surface area contributed by atoms with Crippen molar-refractivity contribution >= 4 is 11.5 Å². The van der Waals surface area contributed by atoms with Gasteiger partial charge in [0.15, 0.2) is 17.6 Å². The van der Waals surface area contributed by atoms with E-state index in [1.54, 1.807) is 37.3 Å². The van der Waals surface area contributed by atoms with Gasteiger partial charge in [0.1, 0.15) is 19.0 Å². The molecule has 1 aliphatic rings. The van der Waals surface area contributed by atoms with Crippen LogP contribution in [0, 0.1) is 0 Å². The Hall–Kier alpha value is -2.69. The fourth-order valence-electron chi connectivity index (χ4n) is 2.26. The molecular formula is C17H17NO4. The molecule has 5 nitrogen and oxygen atoms in total. The predicted octanol–water partition coefficient (Wildman–Crippen LogP) is 2.69. The van der Waals surface area contributed by atoms with Crippen molar-refractivity contribution in [1.29, 1.82) is 0 Å². The summed E-state index contributed by atoms with van der Waals surface area (Å²) in [6.45, 7) is 2.70. The summed E-state index contributed by atoms with van der Waals surface area (Å²) in [5.74, 6) is 1.60. The van der Waals surface area contributed by atoms with Crippen LogP contribution < -0.4 is 19.9 Å². The van der Waals surface area contributed by atoms with Crippen LogP contribution in [0.4, 0.5) is 5.69 Å². The lowest BCUT2D eigenvalue weighted by molar-refractivity contribution is 0.0818. The summed E-state index contributed by atoms with van der Waals surface area (Å²) >= 11 is 0.